The average molecular weight is 334 g/mol. The Morgan fingerprint density at radius 2 is 2.13 bits per heavy atom. The maximum Gasteiger partial charge on any atom is 0.326 e. The van der Waals surface area contributed by atoms with Crippen LogP contribution in [0.5, 0.6) is 5.75 Å². The molecule has 122 valence electrons. The van der Waals surface area contributed by atoms with Gasteiger partial charge in [-0.3, -0.25) is 4.79 Å². The van der Waals surface area contributed by atoms with Crippen LogP contribution in [-0.2, 0) is 11.2 Å². The minimum atomic E-state index is -1.08. The Kier molecular flexibility index (Phi) is 5.33. The molecule has 0 bridgehead atoms. The molecule has 1 amide bonds. The molecule has 0 saturated heterocycles. The Bertz CT molecular complexity index is 727. The Morgan fingerprint density at radius 3 is 2.70 bits per heavy atom. The standard InChI is InChI=1S/C16H18N2O4S/c1-9-14(23-10(2)17-9)15(19)18-13(16(20)21)8-11-5-4-6-12(7-11)22-3/h4-7,13H,8H2,1-3H3,(H,18,19)(H,20,21). The van der Waals surface area contributed by atoms with Crippen molar-refractivity contribution in [1.29, 1.82) is 0 Å². The molecule has 0 radical (unpaired) electrons. The van der Waals surface area contributed by atoms with Gasteiger partial charge in [0.05, 0.1) is 17.8 Å². The van der Waals surface area contributed by atoms with Gasteiger partial charge in [-0.15, -0.1) is 11.3 Å². The molecule has 0 aliphatic heterocycles. The lowest BCUT2D eigenvalue weighted by atomic mass is 10.1. The zero-order valence-corrected chi connectivity index (χ0v) is 13.9. The van der Waals surface area contributed by atoms with Crippen LogP contribution in [0.25, 0.3) is 0 Å². The molecule has 0 saturated carbocycles. The Labute approximate surface area is 138 Å². The fourth-order valence-electron chi connectivity index (χ4n) is 2.20. The lowest BCUT2D eigenvalue weighted by Gasteiger charge is -2.14. The lowest BCUT2D eigenvalue weighted by Crippen LogP contribution is -2.42. The minimum Gasteiger partial charge on any atom is -0.497 e. The fraction of sp³-hybridized carbons (Fsp3) is 0.312. The highest BCUT2D eigenvalue weighted by Crippen LogP contribution is 2.18. The molecular formula is C16H18N2O4S. The van der Waals surface area contributed by atoms with E-state index in [0.717, 1.165) is 10.6 Å². The highest BCUT2D eigenvalue weighted by molar-refractivity contribution is 7.13. The molecule has 1 heterocycles. The number of carboxylic acids is 1. The maximum absolute atomic E-state index is 12.3. The average Bonchev–Trinajstić information content (AvgIpc) is 2.85. The number of rotatable bonds is 6. The van der Waals surface area contributed by atoms with Crippen LogP contribution in [0.4, 0.5) is 0 Å². The second kappa shape index (κ2) is 7.23. The van der Waals surface area contributed by atoms with Crippen molar-refractivity contribution in [3.8, 4) is 5.75 Å². The number of carboxylic acid groups (broad SMARTS) is 1. The van der Waals surface area contributed by atoms with E-state index in [2.05, 4.69) is 10.3 Å². The molecule has 0 spiro atoms. The summed E-state index contributed by atoms with van der Waals surface area (Å²) in [5, 5.41) is 12.7. The summed E-state index contributed by atoms with van der Waals surface area (Å²) in [7, 11) is 1.55. The van der Waals surface area contributed by atoms with Crippen LogP contribution in [0.1, 0.15) is 25.9 Å². The maximum atomic E-state index is 12.3. The van der Waals surface area contributed by atoms with Gasteiger partial charge in [-0.1, -0.05) is 12.1 Å². The summed E-state index contributed by atoms with van der Waals surface area (Å²) < 4.78 is 5.12. The molecule has 0 aliphatic carbocycles. The summed E-state index contributed by atoms with van der Waals surface area (Å²) in [6, 6.07) is 6.10. The number of benzene rings is 1. The van der Waals surface area contributed by atoms with Crippen LogP contribution < -0.4 is 10.1 Å². The van der Waals surface area contributed by atoms with E-state index >= 15 is 0 Å². The molecule has 2 rings (SSSR count). The van der Waals surface area contributed by atoms with E-state index < -0.39 is 17.9 Å². The van der Waals surface area contributed by atoms with Gasteiger partial charge in [-0.25, -0.2) is 9.78 Å². The number of nitrogens with one attached hydrogen (secondary N) is 1. The van der Waals surface area contributed by atoms with E-state index in [4.69, 9.17) is 4.74 Å². The highest BCUT2D eigenvalue weighted by atomic mass is 32.1. The molecule has 2 aromatic rings. The van der Waals surface area contributed by atoms with E-state index in [1.54, 1.807) is 45.2 Å². The van der Waals surface area contributed by atoms with Crippen molar-refractivity contribution >= 4 is 23.2 Å². The summed E-state index contributed by atoms with van der Waals surface area (Å²) in [5.41, 5.74) is 1.38. The van der Waals surface area contributed by atoms with Gasteiger partial charge in [-0.2, -0.15) is 0 Å². The molecule has 1 aromatic heterocycles. The molecular weight excluding hydrogens is 316 g/mol. The number of amides is 1. The fourth-order valence-corrected chi connectivity index (χ4v) is 3.02. The van der Waals surface area contributed by atoms with E-state index in [1.165, 1.54) is 11.3 Å². The first-order chi connectivity index (χ1) is 10.9. The third kappa shape index (κ3) is 4.29. The summed E-state index contributed by atoms with van der Waals surface area (Å²) >= 11 is 1.25. The topological polar surface area (TPSA) is 88.5 Å². The zero-order valence-electron chi connectivity index (χ0n) is 13.1. The Balaban J connectivity index is 2.14. The molecule has 0 fully saturated rings. The third-order valence-electron chi connectivity index (χ3n) is 3.29. The van der Waals surface area contributed by atoms with Crippen molar-refractivity contribution in [2.45, 2.75) is 26.3 Å². The van der Waals surface area contributed by atoms with Crippen LogP contribution in [0, 0.1) is 13.8 Å². The van der Waals surface area contributed by atoms with Crippen molar-refractivity contribution in [1.82, 2.24) is 10.3 Å². The molecule has 1 aromatic carbocycles. The Morgan fingerprint density at radius 1 is 1.39 bits per heavy atom. The molecule has 0 aliphatic rings. The predicted octanol–water partition coefficient (Wildman–Crippen LogP) is 2.19. The number of ether oxygens (including phenoxy) is 1. The normalized spacial score (nSPS) is 11.8. The first-order valence-electron chi connectivity index (χ1n) is 7.01. The lowest BCUT2D eigenvalue weighted by molar-refractivity contribution is -0.139. The van der Waals surface area contributed by atoms with Crippen LogP contribution >= 0.6 is 11.3 Å². The summed E-state index contributed by atoms with van der Waals surface area (Å²) in [6.07, 6.45) is 0.176. The zero-order chi connectivity index (χ0) is 17.0. The minimum absolute atomic E-state index is 0.176. The first-order valence-corrected chi connectivity index (χ1v) is 7.83. The van der Waals surface area contributed by atoms with Crippen molar-refractivity contribution < 1.29 is 19.4 Å². The quantitative estimate of drug-likeness (QED) is 0.845. The van der Waals surface area contributed by atoms with Gasteiger partial charge in [0, 0.05) is 6.42 Å². The van der Waals surface area contributed by atoms with Gasteiger partial charge >= 0.3 is 5.97 Å². The highest BCUT2D eigenvalue weighted by Gasteiger charge is 2.23. The second-order valence-electron chi connectivity index (χ2n) is 5.07. The number of nitrogens with zero attached hydrogens (tertiary/aromatic N) is 1. The third-order valence-corrected chi connectivity index (χ3v) is 4.36. The number of carbonyl (C=O) groups is 2. The van der Waals surface area contributed by atoms with E-state index in [1.807, 2.05) is 0 Å². The largest absolute Gasteiger partial charge is 0.497 e. The van der Waals surface area contributed by atoms with Gasteiger partial charge in [0.25, 0.3) is 5.91 Å². The molecule has 6 nitrogen and oxygen atoms in total. The number of carbonyl (C=O) groups excluding carboxylic acids is 1. The predicted molar refractivity (Wildman–Crippen MR) is 87.2 cm³/mol. The molecule has 7 heteroatoms. The van der Waals surface area contributed by atoms with Crippen molar-refractivity contribution in [3.63, 3.8) is 0 Å². The number of methoxy groups -OCH3 is 1. The van der Waals surface area contributed by atoms with Crippen LogP contribution in [0.15, 0.2) is 24.3 Å². The number of aryl methyl sites for hydroxylation is 2. The van der Waals surface area contributed by atoms with Crippen molar-refractivity contribution in [2.24, 2.45) is 0 Å². The number of hydrogen-bond acceptors (Lipinski definition) is 5. The number of thiazole rings is 1. The van der Waals surface area contributed by atoms with Crippen LogP contribution in [0.2, 0.25) is 0 Å². The first kappa shape index (κ1) is 17.0. The van der Waals surface area contributed by atoms with Gasteiger partial charge in [-0.05, 0) is 31.5 Å². The van der Waals surface area contributed by atoms with Gasteiger partial charge in [0.1, 0.15) is 16.7 Å². The molecule has 2 N–H and O–H groups in total. The van der Waals surface area contributed by atoms with Crippen molar-refractivity contribution in [3.05, 3.63) is 45.4 Å². The number of aromatic nitrogens is 1. The molecule has 23 heavy (non-hydrogen) atoms. The van der Waals surface area contributed by atoms with Crippen molar-refractivity contribution in [2.75, 3.05) is 7.11 Å². The molecule has 1 atom stereocenters. The van der Waals surface area contributed by atoms with E-state index in [-0.39, 0.29) is 6.42 Å². The van der Waals surface area contributed by atoms with Gasteiger partial charge < -0.3 is 15.2 Å². The van der Waals surface area contributed by atoms with Crippen LogP contribution in [0.3, 0.4) is 0 Å². The van der Waals surface area contributed by atoms with E-state index in [9.17, 15) is 14.7 Å². The smallest absolute Gasteiger partial charge is 0.326 e. The summed E-state index contributed by atoms with van der Waals surface area (Å²) in [4.78, 5) is 28.4. The summed E-state index contributed by atoms with van der Waals surface area (Å²) in [6.45, 7) is 3.54. The number of aliphatic carboxylic acids is 1. The molecule has 1 unspecified atom stereocenters. The summed E-state index contributed by atoms with van der Waals surface area (Å²) in [5.74, 6) is -0.852. The van der Waals surface area contributed by atoms with Gasteiger partial charge in [0.15, 0.2) is 0 Å². The monoisotopic (exact) mass is 334 g/mol. The number of hydrogen-bond donors (Lipinski definition) is 2. The SMILES string of the molecule is COc1cccc(CC(NC(=O)c2sc(C)nc2C)C(=O)O)c1. The van der Waals surface area contributed by atoms with Crippen LogP contribution in [-0.4, -0.2) is 35.1 Å². The van der Waals surface area contributed by atoms with Gasteiger partial charge in [0.2, 0.25) is 0 Å². The van der Waals surface area contributed by atoms with E-state index in [0.29, 0.717) is 16.3 Å². The Hall–Kier alpha value is -2.41. The second-order valence-corrected chi connectivity index (χ2v) is 6.27.